The molecule has 0 aromatic heterocycles. The normalized spacial score (nSPS) is 21.6. The van der Waals surface area contributed by atoms with Crippen LogP contribution in [0.15, 0.2) is 24.3 Å². The van der Waals surface area contributed by atoms with Crippen LogP contribution in [0.3, 0.4) is 0 Å². The second kappa shape index (κ2) is 7.06. The zero-order valence-corrected chi connectivity index (χ0v) is 12.1. The van der Waals surface area contributed by atoms with Crippen LogP contribution < -0.4 is 5.32 Å². The summed E-state index contributed by atoms with van der Waals surface area (Å²) in [7, 11) is 0. The van der Waals surface area contributed by atoms with E-state index in [1.807, 2.05) is 0 Å². The molecule has 0 aliphatic heterocycles. The number of alkyl carbamates (subject to hydrolysis) is 1. The molecule has 2 rings (SSSR count). The van der Waals surface area contributed by atoms with Gasteiger partial charge in [-0.15, -0.1) is 0 Å². The minimum atomic E-state index is -0.457. The molecule has 1 saturated carbocycles. The lowest BCUT2D eigenvalue weighted by Crippen LogP contribution is -2.37. The Bertz CT molecular complexity index is 493. The Morgan fingerprint density at radius 2 is 1.90 bits per heavy atom. The number of ether oxygens (including phenoxy) is 1. The van der Waals surface area contributed by atoms with Crippen molar-refractivity contribution in [3.05, 3.63) is 39.9 Å². The quantitative estimate of drug-likeness (QED) is 0.681. The topological polar surface area (TPSA) is 81.5 Å². The van der Waals surface area contributed by atoms with Gasteiger partial charge in [-0.3, -0.25) is 10.1 Å². The lowest BCUT2D eigenvalue weighted by molar-refractivity contribution is -0.384. The number of hydrogen-bond acceptors (Lipinski definition) is 4. The summed E-state index contributed by atoms with van der Waals surface area (Å²) >= 11 is 0. The van der Waals surface area contributed by atoms with E-state index in [0.717, 1.165) is 37.2 Å². The molecule has 1 aromatic rings. The van der Waals surface area contributed by atoms with E-state index in [1.165, 1.54) is 12.1 Å². The van der Waals surface area contributed by atoms with Crippen molar-refractivity contribution in [2.24, 2.45) is 5.92 Å². The van der Waals surface area contributed by atoms with Gasteiger partial charge in [-0.25, -0.2) is 4.79 Å². The average Bonchev–Trinajstić information content (AvgIpc) is 2.48. The van der Waals surface area contributed by atoms with Crippen molar-refractivity contribution in [2.45, 2.75) is 45.3 Å². The van der Waals surface area contributed by atoms with Gasteiger partial charge >= 0.3 is 6.09 Å². The van der Waals surface area contributed by atoms with Crippen LogP contribution in [0.5, 0.6) is 0 Å². The third kappa shape index (κ3) is 4.73. The molecule has 1 N–H and O–H groups in total. The molecule has 0 bridgehead atoms. The standard InChI is InChI=1S/C15H20N2O4/c1-11-2-6-13(7-3-11)16-15(18)21-10-12-4-8-14(9-5-12)17(19)20/h4-5,8-9,11,13H,2-3,6-7,10H2,1H3,(H,16,18). The van der Waals surface area contributed by atoms with Gasteiger partial charge in [-0.1, -0.05) is 6.92 Å². The molecule has 0 heterocycles. The van der Waals surface area contributed by atoms with E-state index < -0.39 is 11.0 Å². The Labute approximate surface area is 123 Å². The minimum Gasteiger partial charge on any atom is -0.445 e. The van der Waals surface area contributed by atoms with Crippen molar-refractivity contribution in [2.75, 3.05) is 0 Å². The van der Waals surface area contributed by atoms with E-state index in [0.29, 0.717) is 0 Å². The number of nitro benzene ring substituents is 1. The van der Waals surface area contributed by atoms with Gasteiger partial charge in [-0.05, 0) is 49.3 Å². The molecule has 0 atom stereocenters. The van der Waals surface area contributed by atoms with E-state index in [9.17, 15) is 14.9 Å². The van der Waals surface area contributed by atoms with Crippen LogP contribution in [0.1, 0.15) is 38.2 Å². The lowest BCUT2D eigenvalue weighted by Gasteiger charge is -2.26. The smallest absolute Gasteiger partial charge is 0.407 e. The van der Waals surface area contributed by atoms with Crippen molar-refractivity contribution in [3.63, 3.8) is 0 Å². The van der Waals surface area contributed by atoms with Crippen LogP contribution in [0.2, 0.25) is 0 Å². The van der Waals surface area contributed by atoms with E-state index in [1.54, 1.807) is 12.1 Å². The Balaban J connectivity index is 1.74. The molecule has 6 nitrogen and oxygen atoms in total. The molecule has 1 fully saturated rings. The lowest BCUT2D eigenvalue weighted by atomic mass is 9.87. The van der Waals surface area contributed by atoms with Crippen molar-refractivity contribution in [1.29, 1.82) is 0 Å². The van der Waals surface area contributed by atoms with Gasteiger partial charge < -0.3 is 10.1 Å². The molecule has 6 heteroatoms. The molecular weight excluding hydrogens is 272 g/mol. The predicted octanol–water partition coefficient (Wildman–Crippen LogP) is 3.40. The van der Waals surface area contributed by atoms with E-state index >= 15 is 0 Å². The number of benzene rings is 1. The highest BCUT2D eigenvalue weighted by molar-refractivity contribution is 5.67. The van der Waals surface area contributed by atoms with E-state index in [-0.39, 0.29) is 18.3 Å². The molecule has 1 aliphatic rings. The van der Waals surface area contributed by atoms with Gasteiger partial charge in [0.15, 0.2) is 0 Å². The molecule has 0 radical (unpaired) electrons. The molecule has 0 unspecified atom stereocenters. The molecule has 0 saturated heterocycles. The first-order chi connectivity index (χ1) is 10.0. The zero-order chi connectivity index (χ0) is 15.2. The third-order valence-corrected chi connectivity index (χ3v) is 3.85. The van der Waals surface area contributed by atoms with Crippen LogP contribution in [-0.2, 0) is 11.3 Å². The first-order valence-corrected chi connectivity index (χ1v) is 7.21. The molecular formula is C15H20N2O4. The van der Waals surface area contributed by atoms with Gasteiger partial charge in [0.25, 0.3) is 5.69 Å². The molecule has 1 aliphatic carbocycles. The number of nitrogens with one attached hydrogen (secondary N) is 1. The summed E-state index contributed by atoms with van der Waals surface area (Å²) in [5.74, 6) is 0.735. The molecule has 1 aromatic carbocycles. The van der Waals surface area contributed by atoms with Crippen LogP contribution in [0.4, 0.5) is 10.5 Å². The highest BCUT2D eigenvalue weighted by atomic mass is 16.6. The third-order valence-electron chi connectivity index (χ3n) is 3.85. The zero-order valence-electron chi connectivity index (χ0n) is 12.1. The SMILES string of the molecule is CC1CCC(NC(=O)OCc2ccc([N+](=O)[O-])cc2)CC1. The highest BCUT2D eigenvalue weighted by Crippen LogP contribution is 2.23. The van der Waals surface area contributed by atoms with Crippen molar-refractivity contribution >= 4 is 11.8 Å². The summed E-state index contributed by atoms with van der Waals surface area (Å²) in [4.78, 5) is 21.8. The summed E-state index contributed by atoms with van der Waals surface area (Å²) in [5, 5.41) is 13.4. The maximum Gasteiger partial charge on any atom is 0.407 e. The summed E-state index contributed by atoms with van der Waals surface area (Å²) in [6.07, 6.45) is 3.83. The Morgan fingerprint density at radius 1 is 1.29 bits per heavy atom. The van der Waals surface area contributed by atoms with Crippen molar-refractivity contribution in [1.82, 2.24) is 5.32 Å². The Hall–Kier alpha value is -2.11. The molecule has 0 spiro atoms. The van der Waals surface area contributed by atoms with E-state index in [4.69, 9.17) is 4.74 Å². The van der Waals surface area contributed by atoms with Crippen LogP contribution in [0.25, 0.3) is 0 Å². The van der Waals surface area contributed by atoms with Gasteiger partial charge in [0, 0.05) is 18.2 Å². The second-order valence-corrected chi connectivity index (χ2v) is 5.60. The highest BCUT2D eigenvalue weighted by Gasteiger charge is 2.20. The fraction of sp³-hybridized carbons (Fsp3) is 0.533. The van der Waals surface area contributed by atoms with Crippen LogP contribution in [0, 0.1) is 16.0 Å². The first-order valence-electron chi connectivity index (χ1n) is 7.21. The molecule has 1 amide bonds. The number of nitro groups is 1. The first kappa shape index (κ1) is 15.3. The number of amides is 1. The van der Waals surface area contributed by atoms with Crippen LogP contribution in [-0.4, -0.2) is 17.1 Å². The average molecular weight is 292 g/mol. The molecule has 114 valence electrons. The number of non-ortho nitro benzene ring substituents is 1. The number of hydrogen-bond donors (Lipinski definition) is 1. The largest absolute Gasteiger partial charge is 0.445 e. The summed E-state index contributed by atoms with van der Waals surface area (Å²) in [6.45, 7) is 2.34. The van der Waals surface area contributed by atoms with Gasteiger partial charge in [0.2, 0.25) is 0 Å². The number of nitrogens with zero attached hydrogens (tertiary/aromatic N) is 1. The number of rotatable bonds is 4. The van der Waals surface area contributed by atoms with E-state index in [2.05, 4.69) is 12.2 Å². The maximum atomic E-state index is 11.7. The molecule has 21 heavy (non-hydrogen) atoms. The minimum absolute atomic E-state index is 0.0273. The summed E-state index contributed by atoms with van der Waals surface area (Å²) in [6, 6.07) is 6.19. The summed E-state index contributed by atoms with van der Waals surface area (Å²) < 4.78 is 5.14. The monoisotopic (exact) mass is 292 g/mol. The van der Waals surface area contributed by atoms with Gasteiger partial charge in [0.1, 0.15) is 6.61 Å². The van der Waals surface area contributed by atoms with Crippen LogP contribution >= 0.6 is 0 Å². The second-order valence-electron chi connectivity index (χ2n) is 5.60. The van der Waals surface area contributed by atoms with Crippen molar-refractivity contribution < 1.29 is 14.5 Å². The number of carbonyl (C=O) groups excluding carboxylic acids is 1. The van der Waals surface area contributed by atoms with Gasteiger partial charge in [-0.2, -0.15) is 0 Å². The fourth-order valence-electron chi connectivity index (χ4n) is 2.48. The van der Waals surface area contributed by atoms with Gasteiger partial charge in [0.05, 0.1) is 4.92 Å². The van der Waals surface area contributed by atoms with Crippen molar-refractivity contribution in [3.8, 4) is 0 Å². The summed E-state index contributed by atoms with van der Waals surface area (Å²) in [5.41, 5.74) is 0.757. The Morgan fingerprint density at radius 3 is 2.48 bits per heavy atom. The number of carbonyl (C=O) groups is 1. The predicted molar refractivity (Wildman–Crippen MR) is 77.8 cm³/mol. The Kier molecular flexibility index (Phi) is 5.14. The maximum absolute atomic E-state index is 11.7. The fourth-order valence-corrected chi connectivity index (χ4v) is 2.48.